The molecule has 1 aliphatic carbocycles. The molecular formula is C17H23ClN2O2. The van der Waals surface area contributed by atoms with Crippen molar-refractivity contribution in [3.8, 4) is 0 Å². The smallest absolute Gasteiger partial charge is 0.317 e. The van der Waals surface area contributed by atoms with Gasteiger partial charge < -0.3 is 15.3 Å². The standard InChI is InChI=1S/C17H23ClN2O2/c18-15-5-3-14(4-6-15)16(13-1-2-13)19-17(22)20-9-7-12(11-21)8-10-20/h3-6,12-13,16,21H,1-2,7-11H2,(H,19,22). The van der Waals surface area contributed by atoms with Gasteiger partial charge in [0, 0.05) is 24.7 Å². The minimum atomic E-state index is 0.0169. The number of hydrogen-bond donors (Lipinski definition) is 2. The first kappa shape index (κ1) is 15.6. The average molecular weight is 323 g/mol. The van der Waals surface area contributed by atoms with Crippen molar-refractivity contribution in [1.82, 2.24) is 10.2 Å². The van der Waals surface area contributed by atoms with Crippen LogP contribution in [-0.2, 0) is 0 Å². The van der Waals surface area contributed by atoms with Crippen LogP contribution in [0.15, 0.2) is 24.3 Å². The molecule has 1 aliphatic heterocycles. The first-order valence-electron chi connectivity index (χ1n) is 8.09. The lowest BCUT2D eigenvalue weighted by atomic mass is 9.98. The van der Waals surface area contributed by atoms with Gasteiger partial charge in [-0.3, -0.25) is 0 Å². The number of nitrogens with one attached hydrogen (secondary N) is 1. The Morgan fingerprint density at radius 2 is 1.86 bits per heavy atom. The largest absolute Gasteiger partial charge is 0.396 e. The number of likely N-dealkylation sites (tertiary alicyclic amines) is 1. The molecule has 5 heteroatoms. The number of urea groups is 1. The normalized spacial score (nSPS) is 20.7. The maximum Gasteiger partial charge on any atom is 0.317 e. The molecule has 1 unspecified atom stereocenters. The van der Waals surface area contributed by atoms with E-state index in [2.05, 4.69) is 5.32 Å². The van der Waals surface area contributed by atoms with Crippen LogP contribution in [0.5, 0.6) is 0 Å². The summed E-state index contributed by atoms with van der Waals surface area (Å²) in [6.07, 6.45) is 4.11. The third-order valence-corrected chi connectivity index (χ3v) is 5.01. The van der Waals surface area contributed by atoms with E-state index in [1.54, 1.807) is 0 Å². The highest BCUT2D eigenvalue weighted by Crippen LogP contribution is 2.41. The summed E-state index contributed by atoms with van der Waals surface area (Å²) in [5.41, 5.74) is 1.13. The summed E-state index contributed by atoms with van der Waals surface area (Å²) in [7, 11) is 0. The van der Waals surface area contributed by atoms with E-state index in [-0.39, 0.29) is 18.7 Å². The van der Waals surface area contributed by atoms with Gasteiger partial charge in [0.05, 0.1) is 6.04 Å². The molecular weight excluding hydrogens is 300 g/mol. The summed E-state index contributed by atoms with van der Waals surface area (Å²) in [4.78, 5) is 14.4. The van der Waals surface area contributed by atoms with E-state index < -0.39 is 0 Å². The third-order valence-electron chi connectivity index (χ3n) is 4.76. The van der Waals surface area contributed by atoms with Gasteiger partial charge in [0.25, 0.3) is 0 Å². The number of aliphatic hydroxyl groups is 1. The van der Waals surface area contributed by atoms with Crippen molar-refractivity contribution in [2.24, 2.45) is 11.8 Å². The summed E-state index contributed by atoms with van der Waals surface area (Å²) in [6, 6.07) is 7.87. The molecule has 22 heavy (non-hydrogen) atoms. The number of rotatable bonds is 4. The van der Waals surface area contributed by atoms with Crippen molar-refractivity contribution >= 4 is 17.6 Å². The first-order valence-corrected chi connectivity index (χ1v) is 8.47. The third kappa shape index (κ3) is 3.73. The summed E-state index contributed by atoms with van der Waals surface area (Å²) >= 11 is 5.95. The Labute approximate surface area is 136 Å². The molecule has 1 saturated carbocycles. The highest BCUT2D eigenvalue weighted by Gasteiger charge is 2.34. The topological polar surface area (TPSA) is 52.6 Å². The Hall–Kier alpha value is -1.26. The molecule has 4 nitrogen and oxygen atoms in total. The van der Waals surface area contributed by atoms with Crippen LogP contribution in [0.4, 0.5) is 4.79 Å². The molecule has 1 atom stereocenters. The number of halogens is 1. The maximum absolute atomic E-state index is 12.5. The van der Waals surface area contributed by atoms with E-state index in [1.165, 1.54) is 12.8 Å². The first-order chi connectivity index (χ1) is 10.7. The number of carbonyl (C=O) groups excluding carboxylic acids is 1. The molecule has 0 aromatic heterocycles. The van der Waals surface area contributed by atoms with Gasteiger partial charge in [-0.15, -0.1) is 0 Å². The van der Waals surface area contributed by atoms with E-state index >= 15 is 0 Å². The van der Waals surface area contributed by atoms with Crippen molar-refractivity contribution in [1.29, 1.82) is 0 Å². The lowest BCUT2D eigenvalue weighted by Gasteiger charge is -2.32. The summed E-state index contributed by atoms with van der Waals surface area (Å²) < 4.78 is 0. The fourth-order valence-corrected chi connectivity index (χ4v) is 3.24. The monoisotopic (exact) mass is 322 g/mol. The van der Waals surface area contributed by atoms with Crippen LogP contribution in [0.3, 0.4) is 0 Å². The van der Waals surface area contributed by atoms with Crippen molar-refractivity contribution in [2.75, 3.05) is 19.7 Å². The molecule has 2 amide bonds. The second kappa shape index (κ2) is 6.88. The molecule has 1 aromatic carbocycles. The number of hydrogen-bond acceptors (Lipinski definition) is 2. The van der Waals surface area contributed by atoms with E-state index in [0.717, 1.165) is 36.5 Å². The Balaban J connectivity index is 1.62. The molecule has 2 N–H and O–H groups in total. The van der Waals surface area contributed by atoms with Gasteiger partial charge in [-0.1, -0.05) is 23.7 Å². The van der Waals surface area contributed by atoms with Gasteiger partial charge in [0.2, 0.25) is 0 Å². The molecule has 1 aromatic rings. The minimum absolute atomic E-state index is 0.0169. The highest BCUT2D eigenvalue weighted by molar-refractivity contribution is 6.30. The zero-order chi connectivity index (χ0) is 15.5. The predicted molar refractivity (Wildman–Crippen MR) is 86.8 cm³/mol. The van der Waals surface area contributed by atoms with Crippen LogP contribution < -0.4 is 5.32 Å². The molecule has 0 radical (unpaired) electrons. The summed E-state index contributed by atoms with van der Waals surface area (Å²) in [5, 5.41) is 13.1. The average Bonchev–Trinajstić information content (AvgIpc) is 3.38. The van der Waals surface area contributed by atoms with E-state index in [1.807, 2.05) is 29.2 Å². The van der Waals surface area contributed by atoms with Crippen LogP contribution in [0.1, 0.15) is 37.3 Å². The Morgan fingerprint density at radius 3 is 2.41 bits per heavy atom. The maximum atomic E-state index is 12.5. The fourth-order valence-electron chi connectivity index (χ4n) is 3.12. The molecule has 2 fully saturated rings. The van der Waals surface area contributed by atoms with Crippen LogP contribution in [-0.4, -0.2) is 35.7 Å². The van der Waals surface area contributed by atoms with Gasteiger partial charge in [-0.05, 0) is 55.2 Å². The number of benzene rings is 1. The van der Waals surface area contributed by atoms with Gasteiger partial charge in [0.15, 0.2) is 0 Å². The molecule has 3 rings (SSSR count). The zero-order valence-corrected chi connectivity index (χ0v) is 13.4. The quantitative estimate of drug-likeness (QED) is 0.894. The van der Waals surface area contributed by atoms with Crippen LogP contribution in [0.2, 0.25) is 5.02 Å². The van der Waals surface area contributed by atoms with E-state index in [9.17, 15) is 9.90 Å². The SMILES string of the molecule is O=C(NC(c1ccc(Cl)cc1)C1CC1)N1CCC(CO)CC1. The lowest BCUT2D eigenvalue weighted by molar-refractivity contribution is 0.135. The molecule has 0 spiro atoms. The minimum Gasteiger partial charge on any atom is -0.396 e. The summed E-state index contributed by atoms with van der Waals surface area (Å²) in [6.45, 7) is 1.69. The van der Waals surface area contributed by atoms with E-state index in [4.69, 9.17) is 11.6 Å². The number of carbonyl (C=O) groups is 1. The zero-order valence-electron chi connectivity index (χ0n) is 12.7. The van der Waals surface area contributed by atoms with E-state index in [0.29, 0.717) is 11.8 Å². The number of amides is 2. The molecule has 1 heterocycles. The Kier molecular flexibility index (Phi) is 4.89. The van der Waals surface area contributed by atoms with Crippen molar-refractivity contribution in [2.45, 2.75) is 31.7 Å². The van der Waals surface area contributed by atoms with Crippen molar-refractivity contribution in [3.63, 3.8) is 0 Å². The molecule has 0 bridgehead atoms. The second-order valence-corrected chi connectivity index (χ2v) is 6.87. The summed E-state index contributed by atoms with van der Waals surface area (Å²) in [5.74, 6) is 0.889. The second-order valence-electron chi connectivity index (χ2n) is 6.43. The fraction of sp³-hybridized carbons (Fsp3) is 0.588. The van der Waals surface area contributed by atoms with Gasteiger partial charge in [-0.25, -0.2) is 4.79 Å². The number of aliphatic hydroxyl groups excluding tert-OH is 1. The van der Waals surface area contributed by atoms with Crippen LogP contribution in [0.25, 0.3) is 0 Å². The molecule has 2 aliphatic rings. The van der Waals surface area contributed by atoms with Crippen LogP contribution >= 0.6 is 11.6 Å². The number of piperidine rings is 1. The molecule has 1 saturated heterocycles. The Morgan fingerprint density at radius 1 is 1.23 bits per heavy atom. The predicted octanol–water partition coefficient (Wildman–Crippen LogP) is 3.21. The highest BCUT2D eigenvalue weighted by atomic mass is 35.5. The lowest BCUT2D eigenvalue weighted by Crippen LogP contribution is -2.46. The van der Waals surface area contributed by atoms with Crippen molar-refractivity contribution in [3.05, 3.63) is 34.9 Å². The van der Waals surface area contributed by atoms with Gasteiger partial charge in [0.1, 0.15) is 0 Å². The van der Waals surface area contributed by atoms with Gasteiger partial charge >= 0.3 is 6.03 Å². The van der Waals surface area contributed by atoms with Crippen molar-refractivity contribution < 1.29 is 9.90 Å². The Bertz CT molecular complexity index is 508. The molecule has 120 valence electrons. The van der Waals surface area contributed by atoms with Crippen LogP contribution in [0, 0.1) is 11.8 Å². The number of nitrogens with zero attached hydrogens (tertiary/aromatic N) is 1. The van der Waals surface area contributed by atoms with Gasteiger partial charge in [-0.2, -0.15) is 0 Å².